The van der Waals surface area contributed by atoms with Gasteiger partial charge in [0.2, 0.25) is 0 Å². The molecule has 112 valence electrons. The van der Waals surface area contributed by atoms with E-state index in [4.69, 9.17) is 16.2 Å². The van der Waals surface area contributed by atoms with Crippen molar-refractivity contribution in [3.63, 3.8) is 0 Å². The lowest BCUT2D eigenvalue weighted by Crippen LogP contribution is -2.17. The summed E-state index contributed by atoms with van der Waals surface area (Å²) >= 11 is 1.04. The van der Waals surface area contributed by atoms with E-state index >= 15 is 0 Å². The molecule has 7 nitrogen and oxygen atoms in total. The number of methoxy groups -OCH3 is 1. The molecule has 0 atom stereocenters. The molecule has 1 amide bonds. The third-order valence-corrected chi connectivity index (χ3v) is 3.54. The molecule has 0 aliphatic carbocycles. The zero-order chi connectivity index (χ0) is 15.3. The average Bonchev–Trinajstić information content (AvgIpc) is 2.70. The number of primary amides is 1. The van der Waals surface area contributed by atoms with Crippen LogP contribution >= 0.6 is 11.3 Å². The van der Waals surface area contributed by atoms with Crippen LogP contribution in [0.4, 0.5) is 10.7 Å². The van der Waals surface area contributed by atoms with Crippen molar-refractivity contribution in [2.75, 3.05) is 31.3 Å². The molecule has 1 aromatic heterocycles. The van der Waals surface area contributed by atoms with Crippen molar-refractivity contribution in [2.45, 2.75) is 20.0 Å². The number of nitrogen functional groups attached to an aromatic ring is 1. The van der Waals surface area contributed by atoms with Gasteiger partial charge in [0.25, 0.3) is 5.91 Å². The molecule has 1 aromatic rings. The molecule has 0 fully saturated rings. The number of carbonyl (C=O) groups excluding carboxylic acids is 2. The zero-order valence-electron chi connectivity index (χ0n) is 11.7. The quantitative estimate of drug-likeness (QED) is 0.512. The molecule has 0 aliphatic heterocycles. The first kappa shape index (κ1) is 16.3. The smallest absolute Gasteiger partial charge is 0.350 e. The molecular weight excluding hydrogens is 282 g/mol. The number of esters is 1. The highest BCUT2D eigenvalue weighted by molar-refractivity contribution is 7.19. The van der Waals surface area contributed by atoms with Gasteiger partial charge < -0.3 is 26.3 Å². The maximum atomic E-state index is 11.5. The van der Waals surface area contributed by atoms with E-state index in [0.29, 0.717) is 18.2 Å². The monoisotopic (exact) mass is 301 g/mol. The molecule has 1 heterocycles. The van der Waals surface area contributed by atoms with E-state index in [-0.39, 0.29) is 22.2 Å². The van der Waals surface area contributed by atoms with Gasteiger partial charge in [0.15, 0.2) is 0 Å². The van der Waals surface area contributed by atoms with E-state index in [1.54, 1.807) is 0 Å². The number of ether oxygens (including phenoxy) is 2. The molecule has 0 aliphatic rings. The van der Waals surface area contributed by atoms with Gasteiger partial charge in [0.05, 0.1) is 31.1 Å². The van der Waals surface area contributed by atoms with Crippen molar-refractivity contribution < 1.29 is 19.1 Å². The summed E-state index contributed by atoms with van der Waals surface area (Å²) in [5.74, 6) is -1.29. The zero-order valence-corrected chi connectivity index (χ0v) is 12.5. The number of hydrogen-bond donors (Lipinski definition) is 3. The van der Waals surface area contributed by atoms with Crippen molar-refractivity contribution in [1.29, 1.82) is 0 Å². The maximum Gasteiger partial charge on any atom is 0.350 e. The number of hydrogen-bond acceptors (Lipinski definition) is 7. The van der Waals surface area contributed by atoms with E-state index in [0.717, 1.165) is 11.3 Å². The Labute approximate surface area is 121 Å². The predicted octanol–water partition coefficient (Wildman–Crippen LogP) is 1.05. The summed E-state index contributed by atoms with van der Waals surface area (Å²) in [7, 11) is 1.25. The number of thiophene rings is 1. The van der Waals surface area contributed by atoms with Crippen molar-refractivity contribution >= 4 is 33.9 Å². The van der Waals surface area contributed by atoms with Crippen molar-refractivity contribution in [2.24, 2.45) is 5.73 Å². The summed E-state index contributed by atoms with van der Waals surface area (Å²) in [5.41, 5.74) is 11.2. The first-order valence-corrected chi connectivity index (χ1v) is 6.86. The molecular formula is C12H19N3O4S. The molecule has 1 rings (SSSR count). The molecule has 20 heavy (non-hydrogen) atoms. The minimum Gasteiger partial charge on any atom is -0.465 e. The van der Waals surface area contributed by atoms with Gasteiger partial charge in [0.1, 0.15) is 9.88 Å². The van der Waals surface area contributed by atoms with E-state index in [2.05, 4.69) is 10.1 Å². The summed E-state index contributed by atoms with van der Waals surface area (Å²) in [4.78, 5) is 23.1. The molecule has 5 N–H and O–H groups in total. The third-order valence-electron chi connectivity index (χ3n) is 2.40. The average molecular weight is 301 g/mol. The number of carbonyl (C=O) groups is 2. The Bertz CT molecular complexity index is 499. The Morgan fingerprint density at radius 3 is 2.55 bits per heavy atom. The summed E-state index contributed by atoms with van der Waals surface area (Å²) in [6.07, 6.45) is 0.117. The van der Waals surface area contributed by atoms with Crippen LogP contribution in [0.15, 0.2) is 0 Å². The molecule has 0 unspecified atom stereocenters. The topological polar surface area (TPSA) is 117 Å². The van der Waals surface area contributed by atoms with Crippen molar-refractivity contribution in [3.05, 3.63) is 10.4 Å². The highest BCUT2D eigenvalue weighted by Gasteiger charge is 2.24. The van der Waals surface area contributed by atoms with Gasteiger partial charge in [-0.15, -0.1) is 11.3 Å². The highest BCUT2D eigenvalue weighted by Crippen LogP contribution is 2.35. The van der Waals surface area contributed by atoms with Crippen LogP contribution in [0.3, 0.4) is 0 Å². The number of rotatable bonds is 7. The minimum absolute atomic E-state index is 0.0432. The Morgan fingerprint density at radius 1 is 1.40 bits per heavy atom. The van der Waals surface area contributed by atoms with Gasteiger partial charge in [-0.3, -0.25) is 4.79 Å². The lowest BCUT2D eigenvalue weighted by molar-refractivity contribution is 0.0607. The van der Waals surface area contributed by atoms with Gasteiger partial charge in [-0.05, 0) is 13.8 Å². The van der Waals surface area contributed by atoms with Crippen LogP contribution < -0.4 is 16.8 Å². The SMILES string of the molecule is COC(=O)c1sc(NCCOC(C)C)c(C(N)=O)c1N. The summed E-state index contributed by atoms with van der Waals surface area (Å²) in [6, 6.07) is 0. The fourth-order valence-electron chi connectivity index (χ4n) is 1.52. The standard InChI is InChI=1S/C12H19N3O4S/c1-6(2)19-5-4-15-11-7(10(14)16)8(13)9(20-11)12(17)18-3/h6,15H,4-5,13H2,1-3H3,(H2,14,16). The van der Waals surface area contributed by atoms with E-state index < -0.39 is 11.9 Å². The van der Waals surface area contributed by atoms with Crippen LogP contribution in [0.5, 0.6) is 0 Å². The fraction of sp³-hybridized carbons (Fsp3) is 0.500. The molecule has 8 heteroatoms. The number of nitrogens with two attached hydrogens (primary N) is 2. The van der Waals surface area contributed by atoms with Gasteiger partial charge in [0, 0.05) is 6.54 Å². The van der Waals surface area contributed by atoms with Gasteiger partial charge in [-0.2, -0.15) is 0 Å². The largest absolute Gasteiger partial charge is 0.465 e. The van der Waals surface area contributed by atoms with Gasteiger partial charge in [-0.1, -0.05) is 0 Å². The van der Waals surface area contributed by atoms with Crippen molar-refractivity contribution in [1.82, 2.24) is 0 Å². The second-order valence-corrected chi connectivity index (χ2v) is 5.27. The summed E-state index contributed by atoms with van der Waals surface area (Å²) < 4.78 is 9.98. The lowest BCUT2D eigenvalue weighted by atomic mass is 10.2. The lowest BCUT2D eigenvalue weighted by Gasteiger charge is -2.09. The fourth-order valence-corrected chi connectivity index (χ4v) is 2.59. The van der Waals surface area contributed by atoms with Crippen molar-refractivity contribution in [3.8, 4) is 0 Å². The Balaban J connectivity index is 2.89. The summed E-state index contributed by atoms with van der Waals surface area (Å²) in [5, 5.41) is 3.44. The van der Waals surface area contributed by atoms with Crippen LogP contribution in [-0.4, -0.2) is 38.2 Å². The highest BCUT2D eigenvalue weighted by atomic mass is 32.1. The van der Waals surface area contributed by atoms with E-state index in [9.17, 15) is 9.59 Å². The minimum atomic E-state index is -0.693. The van der Waals surface area contributed by atoms with Crippen LogP contribution in [0, 0.1) is 0 Å². The number of amides is 1. The number of anilines is 2. The normalized spacial score (nSPS) is 10.6. The summed E-state index contributed by atoms with van der Waals surface area (Å²) in [6.45, 7) is 4.78. The Morgan fingerprint density at radius 2 is 2.05 bits per heavy atom. The van der Waals surface area contributed by atoms with Crippen LogP contribution in [-0.2, 0) is 9.47 Å². The second-order valence-electron chi connectivity index (χ2n) is 4.25. The molecule has 0 spiro atoms. The van der Waals surface area contributed by atoms with Gasteiger partial charge >= 0.3 is 5.97 Å². The molecule has 0 saturated heterocycles. The maximum absolute atomic E-state index is 11.5. The second kappa shape index (κ2) is 7.11. The number of nitrogens with one attached hydrogen (secondary N) is 1. The molecule has 0 bridgehead atoms. The third kappa shape index (κ3) is 3.84. The molecule has 0 aromatic carbocycles. The molecule has 0 radical (unpaired) electrons. The van der Waals surface area contributed by atoms with Crippen LogP contribution in [0.25, 0.3) is 0 Å². The Hall–Kier alpha value is -1.80. The van der Waals surface area contributed by atoms with Gasteiger partial charge in [-0.25, -0.2) is 4.79 Å². The first-order chi connectivity index (χ1) is 9.38. The first-order valence-electron chi connectivity index (χ1n) is 6.04. The van der Waals surface area contributed by atoms with Crippen LogP contribution in [0.2, 0.25) is 0 Å². The van der Waals surface area contributed by atoms with E-state index in [1.165, 1.54) is 7.11 Å². The molecule has 0 saturated carbocycles. The van der Waals surface area contributed by atoms with Crippen LogP contribution in [0.1, 0.15) is 33.9 Å². The predicted molar refractivity (Wildman–Crippen MR) is 78.2 cm³/mol. The Kier molecular flexibility index (Phi) is 5.78. The van der Waals surface area contributed by atoms with E-state index in [1.807, 2.05) is 13.8 Å².